The van der Waals surface area contributed by atoms with Gasteiger partial charge in [-0.3, -0.25) is 4.98 Å². The van der Waals surface area contributed by atoms with Crippen molar-refractivity contribution in [3.63, 3.8) is 0 Å². The maximum atomic E-state index is 13.5. The molecule has 1 aliphatic carbocycles. The number of hydrogen-bond acceptors (Lipinski definition) is 7. The molecule has 0 amide bonds. The van der Waals surface area contributed by atoms with E-state index in [0.717, 1.165) is 59.7 Å². The van der Waals surface area contributed by atoms with Crippen LogP contribution in [0.5, 0.6) is 0 Å². The quantitative estimate of drug-likeness (QED) is 0.445. The first kappa shape index (κ1) is 20.9. The van der Waals surface area contributed by atoms with Crippen molar-refractivity contribution >= 4 is 28.2 Å². The summed E-state index contributed by atoms with van der Waals surface area (Å²) in [5.74, 6) is 2.72. The molecule has 2 N–H and O–H groups in total. The molecule has 0 radical (unpaired) electrons. The number of pyridine rings is 2. The third-order valence-corrected chi connectivity index (χ3v) is 6.44. The zero-order valence-corrected chi connectivity index (χ0v) is 18.8. The fourth-order valence-corrected chi connectivity index (χ4v) is 4.58. The molecule has 6 rings (SSSR count). The average Bonchev–Trinajstić information content (AvgIpc) is 3.74. The van der Waals surface area contributed by atoms with Gasteiger partial charge in [0, 0.05) is 48.7 Å². The Morgan fingerprint density at radius 1 is 1.09 bits per heavy atom. The minimum absolute atomic E-state index is 0.198. The van der Waals surface area contributed by atoms with Gasteiger partial charge in [0.25, 0.3) is 0 Å². The third kappa shape index (κ3) is 4.17. The number of anilines is 3. The zero-order valence-electron chi connectivity index (χ0n) is 18.8. The van der Waals surface area contributed by atoms with E-state index in [1.165, 1.54) is 5.56 Å². The summed E-state index contributed by atoms with van der Waals surface area (Å²) in [6.45, 7) is 1.67. The Morgan fingerprint density at radius 3 is 2.79 bits per heavy atom. The highest BCUT2D eigenvalue weighted by Crippen LogP contribution is 2.45. The number of benzene rings is 1. The second-order valence-electron chi connectivity index (χ2n) is 8.94. The molecule has 2 fully saturated rings. The van der Waals surface area contributed by atoms with Gasteiger partial charge in [0.2, 0.25) is 0 Å². The number of halogens is 1. The first-order valence-corrected chi connectivity index (χ1v) is 11.8. The molecule has 0 bridgehead atoms. The minimum atomic E-state index is -0.401. The molecule has 8 heteroatoms. The first-order valence-electron chi connectivity index (χ1n) is 11.8. The van der Waals surface area contributed by atoms with E-state index < -0.39 is 6.67 Å². The number of piperazine rings is 1. The third-order valence-electron chi connectivity index (χ3n) is 6.44. The molecule has 1 saturated heterocycles. The van der Waals surface area contributed by atoms with Gasteiger partial charge in [-0.2, -0.15) is 0 Å². The first-order chi connectivity index (χ1) is 16.8. The Hall–Kier alpha value is -3.65. The van der Waals surface area contributed by atoms with Crippen LogP contribution >= 0.6 is 0 Å². The Kier molecular flexibility index (Phi) is 5.50. The predicted octanol–water partition coefficient (Wildman–Crippen LogP) is 4.46. The predicted molar refractivity (Wildman–Crippen MR) is 132 cm³/mol. The lowest BCUT2D eigenvalue weighted by molar-refractivity contribution is 0.352. The van der Waals surface area contributed by atoms with E-state index >= 15 is 0 Å². The summed E-state index contributed by atoms with van der Waals surface area (Å²) in [6, 6.07) is 13.6. The summed E-state index contributed by atoms with van der Waals surface area (Å²) in [5.41, 5.74) is 3.86. The van der Waals surface area contributed by atoms with Crippen LogP contribution in [0.15, 0.2) is 61.1 Å². The normalized spacial score (nSPS) is 18.3. The highest BCUT2D eigenvalue weighted by molar-refractivity contribution is 5.94. The molecular weight excluding hydrogens is 429 g/mol. The number of nitrogens with zero attached hydrogens (tertiary/aromatic N) is 5. The highest BCUT2D eigenvalue weighted by Gasteiger charge is 2.30. The van der Waals surface area contributed by atoms with Crippen molar-refractivity contribution in [2.75, 3.05) is 36.5 Å². The van der Waals surface area contributed by atoms with E-state index in [-0.39, 0.29) is 6.04 Å². The molecule has 34 heavy (non-hydrogen) atoms. The highest BCUT2D eigenvalue weighted by atomic mass is 19.1. The largest absolute Gasteiger partial charge is 0.353 e. The second-order valence-corrected chi connectivity index (χ2v) is 8.94. The fraction of sp³-hybridized carbons (Fsp3) is 0.308. The monoisotopic (exact) mass is 455 g/mol. The van der Waals surface area contributed by atoms with Crippen LogP contribution in [0.25, 0.3) is 22.3 Å². The summed E-state index contributed by atoms with van der Waals surface area (Å²) >= 11 is 0. The van der Waals surface area contributed by atoms with Crippen molar-refractivity contribution in [3.8, 4) is 11.4 Å². The van der Waals surface area contributed by atoms with E-state index in [9.17, 15) is 4.39 Å². The standard InChI is InChI=1S/C26H26FN7/c27-13-20-16-34(11-10-29-20)26-24-21(17-6-7-17)14-28-15-22(24)32-25(33-26)18-8-9-30-23(12-18)31-19-4-2-1-3-5-19/h1-5,8-9,12,14-15,17,20,29H,6-7,10-11,13,16H2,(H,30,31)/t20-/m0/s1. The Morgan fingerprint density at radius 2 is 1.97 bits per heavy atom. The van der Waals surface area contributed by atoms with E-state index in [1.807, 2.05) is 54.9 Å². The van der Waals surface area contributed by atoms with Crippen molar-refractivity contribution in [3.05, 3.63) is 66.6 Å². The summed E-state index contributed by atoms with van der Waals surface area (Å²) in [5, 5.41) is 7.64. The lowest BCUT2D eigenvalue weighted by Gasteiger charge is -2.34. The van der Waals surface area contributed by atoms with Gasteiger partial charge in [-0.25, -0.2) is 19.3 Å². The molecule has 0 unspecified atom stereocenters. The van der Waals surface area contributed by atoms with Gasteiger partial charge in [0.15, 0.2) is 5.82 Å². The van der Waals surface area contributed by atoms with E-state index in [1.54, 1.807) is 6.20 Å². The van der Waals surface area contributed by atoms with Crippen LogP contribution in [0.3, 0.4) is 0 Å². The smallest absolute Gasteiger partial charge is 0.162 e. The van der Waals surface area contributed by atoms with Crippen molar-refractivity contribution in [2.45, 2.75) is 24.8 Å². The topological polar surface area (TPSA) is 78.9 Å². The average molecular weight is 456 g/mol. The summed E-state index contributed by atoms with van der Waals surface area (Å²) < 4.78 is 13.5. The van der Waals surface area contributed by atoms with Gasteiger partial charge in [-0.05, 0) is 48.6 Å². The number of hydrogen-bond donors (Lipinski definition) is 2. The number of fused-ring (bicyclic) bond motifs is 1. The molecule has 7 nitrogen and oxygen atoms in total. The molecule has 4 aromatic rings. The van der Waals surface area contributed by atoms with Crippen molar-refractivity contribution in [1.29, 1.82) is 0 Å². The number of aromatic nitrogens is 4. The molecule has 4 heterocycles. The van der Waals surface area contributed by atoms with Crippen LogP contribution < -0.4 is 15.5 Å². The Labute approximate surface area is 197 Å². The van der Waals surface area contributed by atoms with Crippen LogP contribution in [0.4, 0.5) is 21.7 Å². The fourth-order valence-electron chi connectivity index (χ4n) is 4.58. The van der Waals surface area contributed by atoms with Gasteiger partial charge in [0.05, 0.1) is 17.8 Å². The van der Waals surface area contributed by atoms with E-state index in [2.05, 4.69) is 25.5 Å². The van der Waals surface area contributed by atoms with Crippen LogP contribution in [0, 0.1) is 0 Å². The lowest BCUT2D eigenvalue weighted by Crippen LogP contribution is -2.52. The van der Waals surface area contributed by atoms with E-state index in [4.69, 9.17) is 9.97 Å². The molecule has 2 aliphatic rings. The summed E-state index contributed by atoms with van der Waals surface area (Å²) in [4.78, 5) is 21.1. The maximum absolute atomic E-state index is 13.5. The molecule has 0 spiro atoms. The van der Waals surface area contributed by atoms with Crippen LogP contribution in [0.1, 0.15) is 24.3 Å². The van der Waals surface area contributed by atoms with Crippen molar-refractivity contribution < 1.29 is 4.39 Å². The van der Waals surface area contributed by atoms with Crippen molar-refractivity contribution in [2.24, 2.45) is 0 Å². The Bertz CT molecular complexity index is 1310. The molecule has 172 valence electrons. The summed E-state index contributed by atoms with van der Waals surface area (Å²) in [7, 11) is 0. The van der Waals surface area contributed by atoms with Gasteiger partial charge >= 0.3 is 0 Å². The molecular formula is C26H26FN7. The van der Waals surface area contributed by atoms with Gasteiger partial charge in [-0.15, -0.1) is 0 Å². The Balaban J connectivity index is 1.44. The lowest BCUT2D eigenvalue weighted by atomic mass is 10.1. The number of alkyl halides is 1. The van der Waals surface area contributed by atoms with Gasteiger partial charge in [-0.1, -0.05) is 18.2 Å². The molecule has 3 aromatic heterocycles. The molecule has 1 saturated carbocycles. The van der Waals surface area contributed by atoms with Crippen LogP contribution in [0.2, 0.25) is 0 Å². The molecule has 1 aromatic carbocycles. The van der Waals surface area contributed by atoms with Crippen LogP contribution in [-0.2, 0) is 0 Å². The van der Waals surface area contributed by atoms with Gasteiger partial charge < -0.3 is 15.5 Å². The van der Waals surface area contributed by atoms with Crippen LogP contribution in [-0.4, -0.2) is 52.3 Å². The number of nitrogens with one attached hydrogen (secondary N) is 2. The summed E-state index contributed by atoms with van der Waals surface area (Å²) in [6.07, 6.45) is 7.85. The van der Waals surface area contributed by atoms with Gasteiger partial charge in [0.1, 0.15) is 18.3 Å². The maximum Gasteiger partial charge on any atom is 0.162 e. The number of para-hydroxylation sites is 1. The van der Waals surface area contributed by atoms with E-state index in [0.29, 0.717) is 18.3 Å². The minimum Gasteiger partial charge on any atom is -0.353 e. The molecule has 1 atom stereocenters. The second kappa shape index (κ2) is 8.95. The molecule has 1 aliphatic heterocycles. The SMILES string of the molecule is FC[C@H]1CN(c2nc(-c3ccnc(Nc4ccccc4)c3)nc3cncc(C4CC4)c23)CCN1. The number of rotatable bonds is 6. The van der Waals surface area contributed by atoms with Crippen molar-refractivity contribution in [1.82, 2.24) is 25.3 Å². The zero-order chi connectivity index (χ0) is 22.9.